The number of amides is 1. The van der Waals surface area contributed by atoms with Gasteiger partial charge in [0.1, 0.15) is 5.69 Å². The van der Waals surface area contributed by atoms with Gasteiger partial charge in [-0.2, -0.15) is 13.2 Å². The van der Waals surface area contributed by atoms with E-state index in [0.717, 1.165) is 36.3 Å². The number of carbonyl (C=O) groups excluding carboxylic acids is 2. The third kappa shape index (κ3) is 6.77. The van der Waals surface area contributed by atoms with E-state index in [9.17, 15) is 22.8 Å². The Balaban J connectivity index is 1.97. The molecule has 1 aromatic heterocycles. The van der Waals surface area contributed by atoms with Crippen LogP contribution in [0.2, 0.25) is 0 Å². The number of thiazole rings is 1. The molecule has 11 heteroatoms. The Labute approximate surface area is 202 Å². The Morgan fingerprint density at radius 3 is 2.61 bits per heavy atom. The van der Waals surface area contributed by atoms with Crippen LogP contribution < -0.4 is 10.6 Å². The maximum atomic E-state index is 13.6. The first kappa shape index (κ1) is 25.6. The third-order valence-electron chi connectivity index (χ3n) is 4.97. The molecule has 33 heavy (non-hydrogen) atoms. The summed E-state index contributed by atoms with van der Waals surface area (Å²) in [4.78, 5) is 30.6. The average molecular weight is 548 g/mol. The van der Waals surface area contributed by atoms with E-state index in [0.29, 0.717) is 16.9 Å². The summed E-state index contributed by atoms with van der Waals surface area (Å²) in [6.07, 6.45) is -4.04. The van der Waals surface area contributed by atoms with Crippen LogP contribution in [0.15, 0.2) is 28.2 Å². The fraction of sp³-hybridized carbons (Fsp3) is 0.500. The van der Waals surface area contributed by atoms with E-state index in [4.69, 9.17) is 4.74 Å². The first-order valence-electron chi connectivity index (χ1n) is 10.5. The molecule has 0 spiro atoms. The number of piperidine rings is 1. The third-order valence-corrected chi connectivity index (χ3v) is 6.53. The lowest BCUT2D eigenvalue weighted by Crippen LogP contribution is -2.52. The predicted molar refractivity (Wildman–Crippen MR) is 123 cm³/mol. The van der Waals surface area contributed by atoms with Crippen LogP contribution in [0.3, 0.4) is 0 Å². The minimum absolute atomic E-state index is 0.0351. The Kier molecular flexibility index (Phi) is 7.85. The summed E-state index contributed by atoms with van der Waals surface area (Å²) in [5.41, 5.74) is -1.22. The van der Waals surface area contributed by atoms with E-state index in [2.05, 4.69) is 31.5 Å². The summed E-state index contributed by atoms with van der Waals surface area (Å²) in [5, 5.41) is 5.90. The van der Waals surface area contributed by atoms with Gasteiger partial charge in [0.2, 0.25) is 5.78 Å². The van der Waals surface area contributed by atoms with E-state index in [-0.39, 0.29) is 16.1 Å². The monoisotopic (exact) mass is 547 g/mol. The number of nitrogens with one attached hydrogen (secondary N) is 2. The van der Waals surface area contributed by atoms with E-state index < -0.39 is 41.3 Å². The summed E-state index contributed by atoms with van der Waals surface area (Å²) >= 11 is 4.29. The van der Waals surface area contributed by atoms with Crippen molar-refractivity contribution in [2.75, 3.05) is 6.54 Å². The van der Waals surface area contributed by atoms with Gasteiger partial charge in [0.15, 0.2) is 10.0 Å². The number of halogens is 4. The zero-order valence-electron chi connectivity index (χ0n) is 18.4. The van der Waals surface area contributed by atoms with Gasteiger partial charge in [-0.05, 0) is 73.8 Å². The van der Waals surface area contributed by atoms with Crippen LogP contribution in [0.25, 0.3) is 10.4 Å². The largest absolute Gasteiger partial charge is 0.436 e. The molecule has 180 valence electrons. The molecular weight excluding hydrogens is 523 g/mol. The van der Waals surface area contributed by atoms with E-state index >= 15 is 0 Å². The van der Waals surface area contributed by atoms with Crippen molar-refractivity contribution >= 4 is 39.1 Å². The first-order valence-corrected chi connectivity index (χ1v) is 12.1. The molecule has 2 atom stereocenters. The summed E-state index contributed by atoms with van der Waals surface area (Å²) in [5.74, 6) is -0.562. The van der Waals surface area contributed by atoms with Crippen molar-refractivity contribution in [3.05, 3.63) is 39.4 Å². The van der Waals surface area contributed by atoms with E-state index in [1.54, 1.807) is 20.8 Å². The van der Waals surface area contributed by atoms with Crippen LogP contribution in [-0.2, 0) is 10.9 Å². The number of Topliss-reactive ketones (excluding diaryl/α,β-unsaturated/α-hetero) is 1. The molecule has 0 saturated carbocycles. The number of rotatable bonds is 5. The van der Waals surface area contributed by atoms with E-state index in [1.807, 2.05) is 0 Å². The highest BCUT2D eigenvalue weighted by Gasteiger charge is 2.37. The SMILES string of the molecule is CC(C)(C)NC(=O)OC(C(=O)c1nc(Br)sc1-c1cccc(C(F)(F)F)c1)C1CCCCN1. The first-order chi connectivity index (χ1) is 15.3. The van der Waals surface area contributed by atoms with Crippen molar-refractivity contribution in [2.24, 2.45) is 0 Å². The Morgan fingerprint density at radius 2 is 2.00 bits per heavy atom. The fourth-order valence-corrected chi connectivity index (χ4v) is 4.99. The quantitative estimate of drug-likeness (QED) is 0.461. The number of carbonyl (C=O) groups is 2. The smallest absolute Gasteiger partial charge is 0.416 e. The Bertz CT molecular complexity index is 1010. The number of hydrogen-bond acceptors (Lipinski definition) is 6. The van der Waals surface area contributed by atoms with Crippen LogP contribution in [0.1, 0.15) is 56.1 Å². The molecule has 1 saturated heterocycles. The number of ketones is 1. The number of nitrogens with zero attached hydrogens (tertiary/aromatic N) is 1. The van der Waals surface area contributed by atoms with Gasteiger partial charge in [0.25, 0.3) is 0 Å². The zero-order valence-corrected chi connectivity index (χ0v) is 20.8. The van der Waals surface area contributed by atoms with Crippen molar-refractivity contribution < 1.29 is 27.5 Å². The van der Waals surface area contributed by atoms with Gasteiger partial charge >= 0.3 is 12.3 Å². The topological polar surface area (TPSA) is 80.3 Å². The second kappa shape index (κ2) is 10.1. The molecule has 1 fully saturated rings. The molecule has 1 aliphatic rings. The van der Waals surface area contributed by atoms with Gasteiger partial charge < -0.3 is 15.4 Å². The Hall–Kier alpha value is -1.98. The summed E-state index contributed by atoms with van der Waals surface area (Å²) < 4.78 is 45.6. The second-order valence-corrected chi connectivity index (χ2v) is 11.1. The maximum absolute atomic E-state index is 13.6. The highest BCUT2D eigenvalue weighted by atomic mass is 79.9. The summed E-state index contributed by atoms with van der Waals surface area (Å²) in [6.45, 7) is 6.02. The molecule has 1 aliphatic heterocycles. The minimum Gasteiger partial charge on any atom is -0.436 e. The lowest BCUT2D eigenvalue weighted by atomic mass is 9.95. The summed E-state index contributed by atoms with van der Waals surface area (Å²) in [7, 11) is 0. The zero-order chi connectivity index (χ0) is 24.4. The van der Waals surface area contributed by atoms with Crippen LogP contribution in [0, 0.1) is 0 Å². The van der Waals surface area contributed by atoms with Gasteiger partial charge in [-0.1, -0.05) is 18.6 Å². The molecule has 3 rings (SSSR count). The Morgan fingerprint density at radius 1 is 1.27 bits per heavy atom. The number of alkyl halides is 3. The number of alkyl carbamates (subject to hydrolysis) is 1. The van der Waals surface area contributed by atoms with Crippen molar-refractivity contribution in [3.8, 4) is 10.4 Å². The fourth-order valence-electron chi connectivity index (χ4n) is 3.53. The van der Waals surface area contributed by atoms with Crippen molar-refractivity contribution in [1.29, 1.82) is 0 Å². The molecule has 2 N–H and O–H groups in total. The van der Waals surface area contributed by atoms with Gasteiger partial charge in [-0.3, -0.25) is 4.79 Å². The standard InChI is InChI=1S/C22H25BrF3N3O3S/c1-21(2,3)29-20(31)32-17(14-9-4-5-10-27-14)16(30)15-18(33-19(23)28-15)12-7-6-8-13(11-12)22(24,25)26/h6-8,11,14,17,27H,4-5,9-10H2,1-3H3,(H,29,31). The summed E-state index contributed by atoms with van der Waals surface area (Å²) in [6, 6.07) is 4.31. The normalized spacial score (nSPS) is 18.0. The van der Waals surface area contributed by atoms with E-state index in [1.165, 1.54) is 12.1 Å². The molecule has 6 nitrogen and oxygen atoms in total. The number of aromatic nitrogens is 1. The highest BCUT2D eigenvalue weighted by Crippen LogP contribution is 2.38. The molecule has 2 aromatic rings. The predicted octanol–water partition coefficient (Wildman–Crippen LogP) is 5.81. The molecule has 0 radical (unpaired) electrons. The second-order valence-electron chi connectivity index (χ2n) is 8.84. The van der Waals surface area contributed by atoms with Crippen LogP contribution in [0.5, 0.6) is 0 Å². The molecule has 0 aliphatic carbocycles. The van der Waals surface area contributed by atoms with Gasteiger partial charge in [0.05, 0.1) is 16.5 Å². The van der Waals surface area contributed by atoms with Gasteiger partial charge in [0, 0.05) is 5.54 Å². The minimum atomic E-state index is -4.52. The van der Waals surface area contributed by atoms with Crippen LogP contribution in [-0.4, -0.2) is 41.1 Å². The van der Waals surface area contributed by atoms with Crippen molar-refractivity contribution in [1.82, 2.24) is 15.6 Å². The highest BCUT2D eigenvalue weighted by molar-refractivity contribution is 9.11. The van der Waals surface area contributed by atoms with Gasteiger partial charge in [-0.25, -0.2) is 9.78 Å². The molecule has 2 unspecified atom stereocenters. The number of ether oxygens (including phenoxy) is 1. The molecule has 0 bridgehead atoms. The lowest BCUT2D eigenvalue weighted by Gasteiger charge is -2.31. The van der Waals surface area contributed by atoms with Crippen molar-refractivity contribution in [3.63, 3.8) is 0 Å². The lowest BCUT2D eigenvalue weighted by molar-refractivity contribution is -0.137. The number of benzene rings is 1. The van der Waals surface area contributed by atoms with Crippen molar-refractivity contribution in [2.45, 2.75) is 63.9 Å². The van der Waals surface area contributed by atoms with Crippen LogP contribution >= 0.6 is 27.3 Å². The maximum Gasteiger partial charge on any atom is 0.416 e. The molecular formula is C22H25BrF3N3O3S. The molecule has 1 aromatic carbocycles. The van der Waals surface area contributed by atoms with Crippen LogP contribution in [0.4, 0.5) is 18.0 Å². The molecule has 1 amide bonds. The van der Waals surface area contributed by atoms with Gasteiger partial charge in [-0.15, -0.1) is 11.3 Å². The number of hydrogen-bond donors (Lipinski definition) is 2. The molecule has 2 heterocycles. The average Bonchev–Trinajstić information content (AvgIpc) is 3.12.